The van der Waals surface area contributed by atoms with E-state index in [0.29, 0.717) is 24.6 Å². The highest BCUT2D eigenvalue weighted by atomic mass is 16.2. The Morgan fingerprint density at radius 2 is 1.95 bits per heavy atom. The van der Waals surface area contributed by atoms with Crippen LogP contribution in [-0.2, 0) is 11.2 Å². The van der Waals surface area contributed by atoms with Crippen LogP contribution >= 0.6 is 0 Å². The number of anilines is 1. The number of urea groups is 1. The second-order valence-electron chi connectivity index (χ2n) is 5.40. The molecular formula is C15H23N3O2. The predicted molar refractivity (Wildman–Crippen MR) is 80.7 cm³/mol. The number of amides is 3. The van der Waals surface area contributed by atoms with Crippen molar-refractivity contribution in [3.8, 4) is 0 Å². The zero-order valence-corrected chi connectivity index (χ0v) is 12.6. The van der Waals surface area contributed by atoms with E-state index < -0.39 is 0 Å². The highest BCUT2D eigenvalue weighted by Gasteiger charge is 2.07. The third kappa shape index (κ3) is 5.73. The molecule has 0 saturated carbocycles. The molecular weight excluding hydrogens is 254 g/mol. The number of rotatable bonds is 5. The van der Waals surface area contributed by atoms with Crippen molar-refractivity contribution < 1.29 is 9.59 Å². The summed E-state index contributed by atoms with van der Waals surface area (Å²) >= 11 is 0. The highest BCUT2D eigenvalue weighted by molar-refractivity contribution is 5.89. The van der Waals surface area contributed by atoms with Gasteiger partial charge in [0.25, 0.3) is 0 Å². The van der Waals surface area contributed by atoms with Crippen molar-refractivity contribution >= 4 is 17.6 Å². The van der Waals surface area contributed by atoms with Crippen LogP contribution in [0, 0.1) is 5.92 Å². The zero-order chi connectivity index (χ0) is 15.1. The third-order valence-corrected chi connectivity index (χ3v) is 2.66. The van der Waals surface area contributed by atoms with Gasteiger partial charge in [-0.15, -0.1) is 0 Å². The van der Waals surface area contributed by atoms with Crippen molar-refractivity contribution in [3.05, 3.63) is 29.8 Å². The molecule has 0 aromatic heterocycles. The average molecular weight is 277 g/mol. The Kier molecular flexibility index (Phi) is 6.03. The molecule has 0 bridgehead atoms. The Morgan fingerprint density at radius 1 is 1.25 bits per heavy atom. The maximum absolute atomic E-state index is 11.8. The van der Waals surface area contributed by atoms with Gasteiger partial charge in [0.05, 0.1) is 6.42 Å². The quantitative estimate of drug-likeness (QED) is 0.865. The van der Waals surface area contributed by atoms with Crippen LogP contribution < -0.4 is 10.6 Å². The lowest BCUT2D eigenvalue weighted by Crippen LogP contribution is -2.29. The van der Waals surface area contributed by atoms with Crippen LogP contribution in [0.2, 0.25) is 0 Å². The number of benzene rings is 1. The first-order valence-electron chi connectivity index (χ1n) is 6.72. The lowest BCUT2D eigenvalue weighted by Gasteiger charge is -2.13. The summed E-state index contributed by atoms with van der Waals surface area (Å²) in [5.41, 5.74) is 1.57. The van der Waals surface area contributed by atoms with E-state index in [0.717, 1.165) is 5.56 Å². The number of hydrogen-bond acceptors (Lipinski definition) is 2. The molecule has 0 saturated heterocycles. The van der Waals surface area contributed by atoms with Crippen molar-refractivity contribution in [3.63, 3.8) is 0 Å². The van der Waals surface area contributed by atoms with E-state index in [4.69, 9.17) is 0 Å². The fourth-order valence-corrected chi connectivity index (χ4v) is 1.56. The number of hydrogen-bond donors (Lipinski definition) is 2. The van der Waals surface area contributed by atoms with Gasteiger partial charge >= 0.3 is 6.03 Å². The van der Waals surface area contributed by atoms with E-state index in [1.54, 1.807) is 20.2 Å². The monoisotopic (exact) mass is 277 g/mol. The fraction of sp³-hybridized carbons (Fsp3) is 0.467. The smallest absolute Gasteiger partial charge is 0.321 e. The molecule has 5 nitrogen and oxygen atoms in total. The van der Waals surface area contributed by atoms with Gasteiger partial charge in [-0.05, 0) is 23.6 Å². The largest absolute Gasteiger partial charge is 0.356 e. The van der Waals surface area contributed by atoms with Crippen LogP contribution in [0.15, 0.2) is 24.3 Å². The Hall–Kier alpha value is -2.04. The Bertz CT molecular complexity index is 470. The molecule has 1 rings (SSSR count). The first-order valence-corrected chi connectivity index (χ1v) is 6.72. The second kappa shape index (κ2) is 7.53. The SMILES string of the molecule is CC(C)CNC(=O)Cc1cccc(NC(=O)N(C)C)c1. The summed E-state index contributed by atoms with van der Waals surface area (Å²) in [6.45, 7) is 4.78. The molecule has 110 valence electrons. The summed E-state index contributed by atoms with van der Waals surface area (Å²) in [5, 5.41) is 5.64. The topological polar surface area (TPSA) is 61.4 Å². The maximum atomic E-state index is 11.8. The molecule has 0 heterocycles. The van der Waals surface area contributed by atoms with Crippen LogP contribution in [0.25, 0.3) is 0 Å². The molecule has 1 aromatic carbocycles. The van der Waals surface area contributed by atoms with Crippen LogP contribution in [0.3, 0.4) is 0 Å². The van der Waals surface area contributed by atoms with E-state index in [-0.39, 0.29) is 11.9 Å². The Morgan fingerprint density at radius 3 is 2.55 bits per heavy atom. The normalized spacial score (nSPS) is 10.2. The Labute approximate surface area is 120 Å². The van der Waals surface area contributed by atoms with Crippen molar-refractivity contribution in [2.75, 3.05) is 26.0 Å². The zero-order valence-electron chi connectivity index (χ0n) is 12.6. The van der Waals surface area contributed by atoms with Gasteiger partial charge in [0.1, 0.15) is 0 Å². The molecule has 0 radical (unpaired) electrons. The van der Waals surface area contributed by atoms with Gasteiger partial charge in [-0.2, -0.15) is 0 Å². The molecule has 2 N–H and O–H groups in total. The molecule has 0 unspecified atom stereocenters. The minimum absolute atomic E-state index is 0.00483. The van der Waals surface area contributed by atoms with Crippen molar-refractivity contribution in [2.45, 2.75) is 20.3 Å². The summed E-state index contributed by atoms with van der Waals surface area (Å²) in [6.07, 6.45) is 0.318. The van der Waals surface area contributed by atoms with Gasteiger partial charge in [0.2, 0.25) is 5.91 Å². The Balaban J connectivity index is 2.59. The van der Waals surface area contributed by atoms with Crippen LogP contribution in [0.4, 0.5) is 10.5 Å². The minimum Gasteiger partial charge on any atom is -0.356 e. The minimum atomic E-state index is -0.189. The molecule has 3 amide bonds. The van der Waals surface area contributed by atoms with Crippen molar-refractivity contribution in [2.24, 2.45) is 5.92 Å². The summed E-state index contributed by atoms with van der Waals surface area (Å²) in [7, 11) is 3.36. The van der Waals surface area contributed by atoms with E-state index in [9.17, 15) is 9.59 Å². The summed E-state index contributed by atoms with van der Waals surface area (Å²) in [6, 6.07) is 7.13. The van der Waals surface area contributed by atoms with Gasteiger partial charge in [-0.3, -0.25) is 4.79 Å². The van der Waals surface area contributed by atoms with E-state index in [2.05, 4.69) is 24.5 Å². The van der Waals surface area contributed by atoms with E-state index >= 15 is 0 Å². The van der Waals surface area contributed by atoms with Gasteiger partial charge in [0.15, 0.2) is 0 Å². The first kappa shape index (κ1) is 16.0. The molecule has 0 spiro atoms. The molecule has 0 aliphatic rings. The number of carbonyl (C=O) groups is 2. The maximum Gasteiger partial charge on any atom is 0.321 e. The van der Waals surface area contributed by atoms with Crippen LogP contribution in [0.5, 0.6) is 0 Å². The molecule has 0 aliphatic carbocycles. The summed E-state index contributed by atoms with van der Waals surface area (Å²) < 4.78 is 0. The predicted octanol–water partition coefficient (Wildman–Crippen LogP) is 2.09. The van der Waals surface area contributed by atoms with Gasteiger partial charge in [-0.1, -0.05) is 26.0 Å². The molecule has 0 fully saturated rings. The molecule has 20 heavy (non-hydrogen) atoms. The van der Waals surface area contributed by atoms with E-state index in [1.807, 2.05) is 18.2 Å². The second-order valence-corrected chi connectivity index (χ2v) is 5.40. The van der Waals surface area contributed by atoms with Gasteiger partial charge < -0.3 is 15.5 Å². The average Bonchev–Trinajstić information content (AvgIpc) is 2.36. The molecule has 1 aromatic rings. The van der Waals surface area contributed by atoms with Gasteiger partial charge in [-0.25, -0.2) is 4.79 Å². The van der Waals surface area contributed by atoms with Crippen LogP contribution in [-0.4, -0.2) is 37.5 Å². The van der Waals surface area contributed by atoms with Crippen LogP contribution in [0.1, 0.15) is 19.4 Å². The van der Waals surface area contributed by atoms with E-state index in [1.165, 1.54) is 4.90 Å². The van der Waals surface area contributed by atoms with Gasteiger partial charge in [0, 0.05) is 26.3 Å². The summed E-state index contributed by atoms with van der Waals surface area (Å²) in [5.74, 6) is 0.430. The third-order valence-electron chi connectivity index (χ3n) is 2.66. The highest BCUT2D eigenvalue weighted by Crippen LogP contribution is 2.11. The number of carbonyl (C=O) groups excluding carboxylic acids is 2. The number of nitrogens with one attached hydrogen (secondary N) is 2. The standard InChI is InChI=1S/C15H23N3O2/c1-11(2)10-16-14(19)9-12-6-5-7-13(8-12)17-15(20)18(3)4/h5-8,11H,9-10H2,1-4H3,(H,16,19)(H,17,20). The lowest BCUT2D eigenvalue weighted by atomic mass is 10.1. The summed E-state index contributed by atoms with van der Waals surface area (Å²) in [4.78, 5) is 24.8. The lowest BCUT2D eigenvalue weighted by molar-refractivity contribution is -0.120. The molecule has 0 aliphatic heterocycles. The number of nitrogens with zero attached hydrogens (tertiary/aromatic N) is 1. The molecule has 5 heteroatoms. The first-order chi connectivity index (χ1) is 9.38. The van der Waals surface area contributed by atoms with Crippen molar-refractivity contribution in [1.82, 2.24) is 10.2 Å². The fourth-order valence-electron chi connectivity index (χ4n) is 1.56. The van der Waals surface area contributed by atoms with Crippen molar-refractivity contribution in [1.29, 1.82) is 0 Å². The molecule has 0 atom stereocenters.